The maximum Gasteiger partial charge on any atom is 0.345 e. The molecule has 0 bridgehead atoms. The number of allylic oxidation sites excluding steroid dienone is 1. The number of nitrogens with zero attached hydrogens (tertiary/aromatic N) is 2. The summed E-state index contributed by atoms with van der Waals surface area (Å²) in [5.41, 5.74) is 1.39. The summed E-state index contributed by atoms with van der Waals surface area (Å²) in [6.45, 7) is 0. The SMILES string of the molecule is COC(=O)c1cc(NC=C(C#N)c2nc(-c3cc4ccccc4oc3=O)cs2)cc(C(=O)OC)c1. The molecule has 0 atom stereocenters. The second-order valence-corrected chi connectivity index (χ2v) is 7.98. The van der Waals surface area contributed by atoms with Crippen molar-refractivity contribution in [3.8, 4) is 17.3 Å². The van der Waals surface area contributed by atoms with Gasteiger partial charge in [-0.05, 0) is 30.3 Å². The minimum Gasteiger partial charge on any atom is -0.465 e. The minimum absolute atomic E-state index is 0.129. The van der Waals surface area contributed by atoms with Crippen molar-refractivity contribution < 1.29 is 23.5 Å². The highest BCUT2D eigenvalue weighted by atomic mass is 32.1. The summed E-state index contributed by atoms with van der Waals surface area (Å²) < 4.78 is 14.8. The molecule has 0 aliphatic rings. The first kappa shape index (κ1) is 23.4. The fourth-order valence-corrected chi connectivity index (χ4v) is 4.03. The van der Waals surface area contributed by atoms with Crippen LogP contribution in [0.4, 0.5) is 5.69 Å². The van der Waals surface area contributed by atoms with Gasteiger partial charge in [0.1, 0.15) is 22.2 Å². The predicted molar refractivity (Wildman–Crippen MR) is 130 cm³/mol. The molecular formula is C25H17N3O6S. The van der Waals surface area contributed by atoms with Gasteiger partial charge in [0, 0.05) is 22.7 Å². The van der Waals surface area contributed by atoms with E-state index in [1.807, 2.05) is 12.1 Å². The smallest absolute Gasteiger partial charge is 0.345 e. The number of carbonyl (C=O) groups excluding carboxylic acids is 2. The molecule has 174 valence electrons. The third-order valence-electron chi connectivity index (χ3n) is 4.93. The Hall–Kier alpha value is -4.75. The number of anilines is 1. The molecule has 0 spiro atoms. The highest BCUT2D eigenvalue weighted by molar-refractivity contribution is 7.11. The average molecular weight is 487 g/mol. The summed E-state index contributed by atoms with van der Waals surface area (Å²) in [6, 6.07) is 15.2. The zero-order valence-electron chi connectivity index (χ0n) is 18.5. The molecule has 10 heteroatoms. The van der Waals surface area contributed by atoms with E-state index < -0.39 is 17.6 Å². The Bertz CT molecular complexity index is 1540. The van der Waals surface area contributed by atoms with Crippen LogP contribution in [0.3, 0.4) is 0 Å². The minimum atomic E-state index is -0.637. The molecule has 0 saturated carbocycles. The number of rotatable bonds is 6. The predicted octanol–water partition coefficient (Wildman–Crippen LogP) is 4.47. The van der Waals surface area contributed by atoms with Crippen LogP contribution in [0.5, 0.6) is 0 Å². The number of aromatic nitrogens is 1. The molecule has 2 heterocycles. The van der Waals surface area contributed by atoms with E-state index in [4.69, 9.17) is 13.9 Å². The Labute approximate surface area is 202 Å². The monoisotopic (exact) mass is 487 g/mol. The molecule has 0 aliphatic carbocycles. The van der Waals surface area contributed by atoms with Crippen LogP contribution in [-0.4, -0.2) is 31.1 Å². The topological polar surface area (TPSA) is 132 Å². The van der Waals surface area contributed by atoms with E-state index >= 15 is 0 Å². The lowest BCUT2D eigenvalue weighted by molar-refractivity contribution is 0.0599. The van der Waals surface area contributed by atoms with Crippen molar-refractivity contribution in [2.24, 2.45) is 0 Å². The third-order valence-corrected chi connectivity index (χ3v) is 5.81. The Balaban J connectivity index is 1.65. The van der Waals surface area contributed by atoms with E-state index in [-0.39, 0.29) is 22.3 Å². The number of hydrogen-bond donors (Lipinski definition) is 1. The molecule has 0 radical (unpaired) electrons. The first-order valence-electron chi connectivity index (χ1n) is 10.1. The van der Waals surface area contributed by atoms with E-state index in [1.54, 1.807) is 23.6 Å². The van der Waals surface area contributed by atoms with E-state index in [9.17, 15) is 19.6 Å². The molecule has 2 aromatic carbocycles. The van der Waals surface area contributed by atoms with Gasteiger partial charge < -0.3 is 19.2 Å². The quantitative estimate of drug-likeness (QED) is 0.238. The summed E-state index contributed by atoms with van der Waals surface area (Å²) in [5.74, 6) is -1.27. The number of nitriles is 1. The van der Waals surface area contributed by atoms with Crippen LogP contribution < -0.4 is 10.9 Å². The Morgan fingerprint density at radius 3 is 2.43 bits per heavy atom. The molecule has 4 aromatic rings. The normalized spacial score (nSPS) is 11.1. The Morgan fingerprint density at radius 1 is 1.09 bits per heavy atom. The van der Waals surface area contributed by atoms with Gasteiger partial charge in [0.05, 0.1) is 36.6 Å². The van der Waals surface area contributed by atoms with Gasteiger partial charge in [-0.2, -0.15) is 5.26 Å². The lowest BCUT2D eigenvalue weighted by Gasteiger charge is -2.08. The van der Waals surface area contributed by atoms with Crippen LogP contribution in [0, 0.1) is 11.3 Å². The molecule has 0 amide bonds. The lowest BCUT2D eigenvalue weighted by atomic mass is 10.1. The molecule has 0 fully saturated rings. The highest BCUT2D eigenvalue weighted by Crippen LogP contribution is 2.27. The van der Waals surface area contributed by atoms with E-state index in [1.165, 1.54) is 50.0 Å². The van der Waals surface area contributed by atoms with Gasteiger partial charge in [-0.15, -0.1) is 11.3 Å². The van der Waals surface area contributed by atoms with E-state index in [0.29, 0.717) is 22.0 Å². The van der Waals surface area contributed by atoms with Gasteiger partial charge in [-0.3, -0.25) is 0 Å². The van der Waals surface area contributed by atoms with Gasteiger partial charge in [-0.25, -0.2) is 19.4 Å². The lowest BCUT2D eigenvalue weighted by Crippen LogP contribution is -2.07. The van der Waals surface area contributed by atoms with E-state index in [2.05, 4.69) is 16.4 Å². The van der Waals surface area contributed by atoms with Gasteiger partial charge in [0.15, 0.2) is 0 Å². The van der Waals surface area contributed by atoms with Crippen LogP contribution >= 0.6 is 11.3 Å². The number of hydrogen-bond acceptors (Lipinski definition) is 10. The summed E-state index contributed by atoms with van der Waals surface area (Å²) in [4.78, 5) is 40.8. The number of methoxy groups -OCH3 is 2. The number of ether oxygens (including phenoxy) is 2. The van der Waals surface area contributed by atoms with E-state index in [0.717, 1.165) is 5.39 Å². The summed E-state index contributed by atoms with van der Waals surface area (Å²) in [5, 5.41) is 15.4. The molecule has 0 unspecified atom stereocenters. The summed E-state index contributed by atoms with van der Waals surface area (Å²) in [6.07, 6.45) is 1.39. The zero-order chi connectivity index (χ0) is 24.9. The first-order chi connectivity index (χ1) is 16.9. The fourth-order valence-electron chi connectivity index (χ4n) is 3.24. The molecule has 9 nitrogen and oxygen atoms in total. The molecule has 1 N–H and O–H groups in total. The van der Waals surface area contributed by atoms with Crippen LogP contribution in [0.15, 0.2) is 69.3 Å². The number of fused-ring (bicyclic) bond motifs is 1. The van der Waals surface area contributed by atoms with Crippen molar-refractivity contribution in [3.05, 3.63) is 86.7 Å². The number of thiazole rings is 1. The average Bonchev–Trinajstić information content (AvgIpc) is 3.37. The van der Waals surface area contributed by atoms with Gasteiger partial charge in [0.2, 0.25) is 0 Å². The van der Waals surface area contributed by atoms with Gasteiger partial charge in [-0.1, -0.05) is 18.2 Å². The zero-order valence-corrected chi connectivity index (χ0v) is 19.3. The number of esters is 2. The van der Waals surface area contributed by atoms with Crippen LogP contribution in [0.25, 0.3) is 27.8 Å². The first-order valence-corrected chi connectivity index (χ1v) is 11.0. The van der Waals surface area contributed by atoms with Crippen molar-refractivity contribution in [1.29, 1.82) is 5.26 Å². The van der Waals surface area contributed by atoms with Crippen molar-refractivity contribution >= 4 is 45.5 Å². The standard InChI is InChI=1S/C25H17N3O6S/c1-32-23(29)15-7-16(24(30)33-2)9-18(8-15)27-12-17(11-26)22-28-20(13-35-22)19-10-14-5-3-4-6-21(14)34-25(19)31/h3-10,12-13,27H,1-2H3. The second-order valence-electron chi connectivity index (χ2n) is 7.12. The summed E-state index contributed by atoms with van der Waals surface area (Å²) >= 11 is 1.18. The second kappa shape index (κ2) is 10.0. The van der Waals surface area contributed by atoms with Gasteiger partial charge >= 0.3 is 17.6 Å². The van der Waals surface area contributed by atoms with Crippen molar-refractivity contribution in [2.75, 3.05) is 19.5 Å². The van der Waals surface area contributed by atoms with Crippen LogP contribution in [0.1, 0.15) is 25.7 Å². The molecule has 0 saturated heterocycles. The van der Waals surface area contributed by atoms with Crippen LogP contribution in [-0.2, 0) is 9.47 Å². The number of benzene rings is 2. The maximum absolute atomic E-state index is 12.4. The highest BCUT2D eigenvalue weighted by Gasteiger charge is 2.16. The number of carbonyl (C=O) groups is 2. The van der Waals surface area contributed by atoms with Gasteiger partial charge in [0.25, 0.3) is 0 Å². The molecule has 0 aliphatic heterocycles. The maximum atomic E-state index is 12.4. The summed E-state index contributed by atoms with van der Waals surface area (Å²) in [7, 11) is 2.45. The fraction of sp³-hybridized carbons (Fsp3) is 0.0800. The third kappa shape index (κ3) is 4.95. The Kier molecular flexibility index (Phi) is 6.71. The largest absolute Gasteiger partial charge is 0.465 e. The van der Waals surface area contributed by atoms with Crippen molar-refractivity contribution in [1.82, 2.24) is 4.98 Å². The molecular weight excluding hydrogens is 470 g/mol. The number of nitrogens with one attached hydrogen (secondary N) is 1. The molecule has 4 rings (SSSR count). The molecule has 35 heavy (non-hydrogen) atoms. The van der Waals surface area contributed by atoms with Crippen molar-refractivity contribution in [2.45, 2.75) is 0 Å². The van der Waals surface area contributed by atoms with Crippen molar-refractivity contribution in [3.63, 3.8) is 0 Å². The number of para-hydroxylation sites is 1. The van der Waals surface area contributed by atoms with Crippen LogP contribution in [0.2, 0.25) is 0 Å². The molecule has 2 aromatic heterocycles. The Morgan fingerprint density at radius 2 is 1.77 bits per heavy atom.